The topological polar surface area (TPSA) is 48.0 Å². The van der Waals surface area contributed by atoms with E-state index in [2.05, 4.69) is 16.7 Å². The summed E-state index contributed by atoms with van der Waals surface area (Å²) in [4.78, 5) is 11.5. The molecule has 1 aliphatic rings. The molecular formula is C16H18N2O. The number of fused-ring (bicyclic) bond motifs is 1. The van der Waals surface area contributed by atoms with Crippen molar-refractivity contribution in [1.82, 2.24) is 4.57 Å². The second-order valence-corrected chi connectivity index (χ2v) is 5.36. The van der Waals surface area contributed by atoms with Crippen molar-refractivity contribution in [2.45, 2.75) is 32.7 Å². The predicted molar refractivity (Wildman–Crippen MR) is 77.5 cm³/mol. The number of hydrogen-bond acceptors (Lipinski definition) is 2. The fourth-order valence-corrected chi connectivity index (χ4v) is 3.25. The number of hydrogen-bond donors (Lipinski definition) is 1. The molecule has 0 saturated heterocycles. The Bertz CT molecular complexity index is 674. The minimum absolute atomic E-state index is 0.0850. The molecule has 2 aromatic rings. The number of nitrogens with two attached hydrogens (primary N) is 1. The Morgan fingerprint density at radius 2 is 1.84 bits per heavy atom. The van der Waals surface area contributed by atoms with Crippen molar-refractivity contribution in [3.05, 3.63) is 63.1 Å². The molecule has 3 rings (SSSR count). The summed E-state index contributed by atoms with van der Waals surface area (Å²) in [5.41, 5.74) is 11.5. The third kappa shape index (κ3) is 1.95. The van der Waals surface area contributed by atoms with Gasteiger partial charge in [-0.05, 0) is 49.9 Å². The number of rotatable bonds is 1. The molecule has 19 heavy (non-hydrogen) atoms. The predicted octanol–water partition coefficient (Wildman–Crippen LogP) is 2.58. The number of aromatic nitrogens is 1. The quantitative estimate of drug-likeness (QED) is 0.795. The van der Waals surface area contributed by atoms with E-state index < -0.39 is 0 Å². The minimum atomic E-state index is 0.0850. The molecule has 0 bridgehead atoms. The third-order valence-corrected chi connectivity index (χ3v) is 3.99. The highest BCUT2D eigenvalue weighted by Crippen LogP contribution is 2.36. The zero-order valence-corrected chi connectivity index (χ0v) is 11.3. The molecule has 1 aromatic carbocycles. The molecule has 0 aliphatic heterocycles. The molecule has 1 heterocycles. The summed E-state index contributed by atoms with van der Waals surface area (Å²) in [6.45, 7) is 4.01. The first kappa shape index (κ1) is 12.0. The second kappa shape index (κ2) is 4.26. The van der Waals surface area contributed by atoms with Gasteiger partial charge in [-0.25, -0.2) is 0 Å². The molecule has 0 fully saturated rings. The highest BCUT2D eigenvalue weighted by atomic mass is 16.1. The summed E-state index contributed by atoms with van der Waals surface area (Å²) in [6.07, 6.45) is 2.12. The number of benzene rings is 1. The monoisotopic (exact) mass is 254 g/mol. The van der Waals surface area contributed by atoms with Crippen LogP contribution in [0.5, 0.6) is 0 Å². The third-order valence-electron chi connectivity index (χ3n) is 3.99. The van der Waals surface area contributed by atoms with E-state index in [9.17, 15) is 4.79 Å². The lowest BCUT2D eigenvalue weighted by Gasteiger charge is -2.22. The molecule has 0 amide bonds. The SMILES string of the molecule is Cc1cc(=O)cc(C)n1C1CCc2cc(N)ccc21. The summed E-state index contributed by atoms with van der Waals surface area (Å²) in [5, 5.41) is 0. The lowest BCUT2D eigenvalue weighted by Crippen LogP contribution is -2.17. The van der Waals surface area contributed by atoms with Gasteiger partial charge in [-0.15, -0.1) is 0 Å². The Balaban J connectivity index is 2.14. The first-order chi connectivity index (χ1) is 9.06. The van der Waals surface area contributed by atoms with Gasteiger partial charge >= 0.3 is 0 Å². The van der Waals surface area contributed by atoms with Crippen LogP contribution < -0.4 is 11.2 Å². The van der Waals surface area contributed by atoms with E-state index in [1.165, 1.54) is 11.1 Å². The van der Waals surface area contributed by atoms with Gasteiger partial charge in [0.05, 0.1) is 6.04 Å². The highest BCUT2D eigenvalue weighted by molar-refractivity contribution is 5.48. The number of aryl methyl sites for hydroxylation is 3. The van der Waals surface area contributed by atoms with Gasteiger partial charge in [0.2, 0.25) is 0 Å². The summed E-state index contributed by atoms with van der Waals surface area (Å²) in [7, 11) is 0. The van der Waals surface area contributed by atoms with Crippen LogP contribution in [0.1, 0.15) is 35.0 Å². The first-order valence-corrected chi connectivity index (χ1v) is 6.64. The van der Waals surface area contributed by atoms with Crippen LogP contribution in [-0.2, 0) is 6.42 Å². The molecule has 0 saturated carbocycles. The normalized spacial score (nSPS) is 17.5. The van der Waals surface area contributed by atoms with Gasteiger partial charge in [-0.1, -0.05) is 6.07 Å². The standard InChI is InChI=1S/C16H18N2O/c1-10-7-14(19)8-11(2)18(10)16-6-3-12-9-13(17)4-5-15(12)16/h4-5,7-9,16H,3,6,17H2,1-2H3. The number of pyridine rings is 1. The van der Waals surface area contributed by atoms with Crippen molar-refractivity contribution in [2.75, 3.05) is 5.73 Å². The van der Waals surface area contributed by atoms with Crippen molar-refractivity contribution in [3.8, 4) is 0 Å². The van der Waals surface area contributed by atoms with Gasteiger partial charge in [0.1, 0.15) is 0 Å². The van der Waals surface area contributed by atoms with Gasteiger partial charge < -0.3 is 10.3 Å². The molecule has 3 heteroatoms. The van der Waals surface area contributed by atoms with Crippen LogP contribution in [0.2, 0.25) is 0 Å². The highest BCUT2D eigenvalue weighted by Gasteiger charge is 2.25. The van der Waals surface area contributed by atoms with Crippen molar-refractivity contribution < 1.29 is 0 Å². The molecule has 1 atom stereocenters. The van der Waals surface area contributed by atoms with E-state index in [1.54, 1.807) is 12.1 Å². The van der Waals surface area contributed by atoms with Crippen LogP contribution in [0.15, 0.2) is 35.1 Å². The Labute approximate surface area is 112 Å². The van der Waals surface area contributed by atoms with Crippen LogP contribution in [0.3, 0.4) is 0 Å². The Morgan fingerprint density at radius 1 is 1.16 bits per heavy atom. The summed E-state index contributed by atoms with van der Waals surface area (Å²) in [5.74, 6) is 0. The average Bonchev–Trinajstić information content (AvgIpc) is 2.71. The Hall–Kier alpha value is -2.03. The number of nitrogens with zero attached hydrogens (tertiary/aromatic N) is 1. The van der Waals surface area contributed by atoms with E-state index in [4.69, 9.17) is 5.73 Å². The smallest absolute Gasteiger partial charge is 0.182 e. The van der Waals surface area contributed by atoms with Crippen LogP contribution in [-0.4, -0.2) is 4.57 Å². The van der Waals surface area contributed by atoms with Gasteiger partial charge in [-0.2, -0.15) is 0 Å². The van der Waals surface area contributed by atoms with E-state index >= 15 is 0 Å². The fraction of sp³-hybridized carbons (Fsp3) is 0.312. The van der Waals surface area contributed by atoms with E-state index in [0.29, 0.717) is 6.04 Å². The lowest BCUT2D eigenvalue weighted by molar-refractivity contribution is 0.548. The maximum absolute atomic E-state index is 11.5. The summed E-state index contributed by atoms with van der Waals surface area (Å²) >= 11 is 0. The molecule has 1 unspecified atom stereocenters. The van der Waals surface area contributed by atoms with Gasteiger partial charge in [-0.3, -0.25) is 4.79 Å². The van der Waals surface area contributed by atoms with E-state index in [1.807, 2.05) is 19.9 Å². The Morgan fingerprint density at radius 3 is 2.53 bits per heavy atom. The van der Waals surface area contributed by atoms with Crippen LogP contribution in [0.25, 0.3) is 0 Å². The number of nitrogen functional groups attached to an aromatic ring is 1. The molecular weight excluding hydrogens is 236 g/mol. The van der Waals surface area contributed by atoms with Crippen molar-refractivity contribution in [2.24, 2.45) is 0 Å². The van der Waals surface area contributed by atoms with Crippen LogP contribution in [0.4, 0.5) is 5.69 Å². The maximum atomic E-state index is 11.5. The molecule has 98 valence electrons. The van der Waals surface area contributed by atoms with Crippen LogP contribution >= 0.6 is 0 Å². The van der Waals surface area contributed by atoms with Crippen molar-refractivity contribution in [1.29, 1.82) is 0 Å². The van der Waals surface area contributed by atoms with E-state index in [0.717, 1.165) is 29.9 Å². The average molecular weight is 254 g/mol. The van der Waals surface area contributed by atoms with Crippen molar-refractivity contribution in [3.63, 3.8) is 0 Å². The maximum Gasteiger partial charge on any atom is 0.182 e. The lowest BCUT2D eigenvalue weighted by atomic mass is 10.1. The largest absolute Gasteiger partial charge is 0.399 e. The minimum Gasteiger partial charge on any atom is -0.399 e. The molecule has 0 radical (unpaired) electrons. The van der Waals surface area contributed by atoms with Crippen molar-refractivity contribution >= 4 is 5.69 Å². The fourth-order valence-electron chi connectivity index (χ4n) is 3.25. The summed E-state index contributed by atoms with van der Waals surface area (Å²) in [6, 6.07) is 9.91. The molecule has 3 nitrogen and oxygen atoms in total. The molecule has 0 spiro atoms. The second-order valence-electron chi connectivity index (χ2n) is 5.36. The zero-order valence-electron chi connectivity index (χ0n) is 11.3. The zero-order chi connectivity index (χ0) is 13.6. The van der Waals surface area contributed by atoms with Gasteiger partial charge in [0.25, 0.3) is 0 Å². The molecule has 1 aromatic heterocycles. The van der Waals surface area contributed by atoms with Gasteiger partial charge in [0, 0.05) is 29.2 Å². The molecule has 1 aliphatic carbocycles. The molecule has 2 N–H and O–H groups in total. The number of anilines is 1. The van der Waals surface area contributed by atoms with Crippen LogP contribution in [0, 0.1) is 13.8 Å². The summed E-state index contributed by atoms with van der Waals surface area (Å²) < 4.78 is 2.27. The first-order valence-electron chi connectivity index (χ1n) is 6.64. The Kier molecular flexibility index (Phi) is 2.70. The van der Waals surface area contributed by atoms with E-state index in [-0.39, 0.29) is 5.43 Å². The van der Waals surface area contributed by atoms with Gasteiger partial charge in [0.15, 0.2) is 5.43 Å².